The van der Waals surface area contributed by atoms with Gasteiger partial charge in [0.05, 0.1) is 59.6 Å². The molecule has 2 heterocycles. The third-order valence-electron chi connectivity index (χ3n) is 7.23. The molecular formula is C31H43N5O3. The number of ether oxygens (including phenoxy) is 2. The maximum Gasteiger partial charge on any atom is 0.259 e. The number of methoxy groups -OCH3 is 1. The molecule has 0 spiro atoms. The van der Waals surface area contributed by atoms with E-state index in [1.807, 2.05) is 38.1 Å². The van der Waals surface area contributed by atoms with Crippen molar-refractivity contribution >= 4 is 5.91 Å². The summed E-state index contributed by atoms with van der Waals surface area (Å²) in [6.07, 6.45) is 11.5. The molecule has 0 saturated heterocycles. The van der Waals surface area contributed by atoms with Crippen LogP contribution in [0.2, 0.25) is 0 Å². The first-order chi connectivity index (χ1) is 18.6. The fourth-order valence-corrected chi connectivity index (χ4v) is 4.55. The van der Waals surface area contributed by atoms with Crippen LogP contribution in [0.5, 0.6) is 0 Å². The summed E-state index contributed by atoms with van der Waals surface area (Å²) < 4.78 is 12.3. The van der Waals surface area contributed by atoms with Crippen LogP contribution in [0, 0.1) is 23.7 Å². The average molecular weight is 534 g/mol. The number of benzene rings is 1. The Balaban J connectivity index is 0.000000255. The number of hydrogen-bond donors (Lipinski definition) is 2. The molecule has 1 aromatic heterocycles. The highest BCUT2D eigenvalue weighted by Crippen LogP contribution is 2.36. The van der Waals surface area contributed by atoms with E-state index in [1.165, 1.54) is 5.56 Å². The van der Waals surface area contributed by atoms with Gasteiger partial charge in [0.15, 0.2) is 0 Å². The predicted molar refractivity (Wildman–Crippen MR) is 153 cm³/mol. The first-order valence-electron chi connectivity index (χ1n) is 13.6. The lowest BCUT2D eigenvalue weighted by Crippen LogP contribution is -2.28. The van der Waals surface area contributed by atoms with Crippen LogP contribution >= 0.6 is 0 Å². The normalized spacial score (nSPS) is 20.6. The van der Waals surface area contributed by atoms with E-state index >= 15 is 0 Å². The quantitative estimate of drug-likeness (QED) is 0.467. The van der Waals surface area contributed by atoms with E-state index in [4.69, 9.17) is 14.7 Å². The lowest BCUT2D eigenvalue weighted by molar-refractivity contribution is -0.0127. The number of allylic oxidation sites excluding steroid dienone is 1. The summed E-state index contributed by atoms with van der Waals surface area (Å²) in [5.41, 5.74) is 4.34. The molecule has 0 bridgehead atoms. The van der Waals surface area contributed by atoms with Crippen molar-refractivity contribution in [2.75, 3.05) is 26.9 Å². The van der Waals surface area contributed by atoms with Gasteiger partial charge in [-0.15, -0.1) is 0 Å². The summed E-state index contributed by atoms with van der Waals surface area (Å²) in [5, 5.41) is 19.3. The Kier molecular flexibility index (Phi) is 10.5. The summed E-state index contributed by atoms with van der Waals surface area (Å²) in [7, 11) is 1.68. The van der Waals surface area contributed by atoms with E-state index in [9.17, 15) is 4.79 Å². The number of carbonyl (C=O) groups is 1. The van der Waals surface area contributed by atoms with E-state index in [0.717, 1.165) is 49.3 Å². The van der Waals surface area contributed by atoms with E-state index in [-0.39, 0.29) is 16.7 Å². The van der Waals surface area contributed by atoms with E-state index in [1.54, 1.807) is 24.2 Å². The molecule has 0 unspecified atom stereocenters. The number of nitrogens with zero attached hydrogens (tertiary/aromatic N) is 3. The Labute approximate surface area is 233 Å². The molecule has 4 rings (SSSR count). The van der Waals surface area contributed by atoms with Crippen LogP contribution in [0.4, 0.5) is 0 Å². The number of nitriles is 1. The van der Waals surface area contributed by atoms with Crippen LogP contribution in [0.15, 0.2) is 54.5 Å². The van der Waals surface area contributed by atoms with Crippen molar-refractivity contribution in [3.05, 3.63) is 71.3 Å². The zero-order valence-corrected chi connectivity index (χ0v) is 24.2. The van der Waals surface area contributed by atoms with E-state index < -0.39 is 0 Å². The Morgan fingerprint density at radius 2 is 1.92 bits per heavy atom. The Hall–Kier alpha value is -3.41. The molecule has 1 amide bonds. The molecule has 0 atom stereocenters. The lowest BCUT2D eigenvalue weighted by Gasteiger charge is -2.31. The van der Waals surface area contributed by atoms with Gasteiger partial charge in [-0.05, 0) is 68.7 Å². The van der Waals surface area contributed by atoms with Gasteiger partial charge < -0.3 is 20.1 Å². The summed E-state index contributed by atoms with van der Waals surface area (Å²) in [5.74, 6) is -0.158. The zero-order valence-electron chi connectivity index (χ0n) is 24.2. The van der Waals surface area contributed by atoms with Crippen molar-refractivity contribution in [2.45, 2.75) is 71.8 Å². The molecule has 8 nitrogen and oxygen atoms in total. The van der Waals surface area contributed by atoms with Crippen molar-refractivity contribution in [3.8, 4) is 11.8 Å². The fourth-order valence-electron chi connectivity index (χ4n) is 4.55. The molecule has 1 aliphatic carbocycles. The monoisotopic (exact) mass is 533 g/mol. The number of nitrogens with one attached hydrogen (secondary N) is 2. The van der Waals surface area contributed by atoms with Crippen LogP contribution < -0.4 is 10.6 Å². The minimum atomic E-state index is -0.158. The maximum atomic E-state index is 12.5. The highest BCUT2D eigenvalue weighted by atomic mass is 16.5. The van der Waals surface area contributed by atoms with Gasteiger partial charge in [-0.2, -0.15) is 10.4 Å². The number of amides is 1. The van der Waals surface area contributed by atoms with Gasteiger partial charge in [0.1, 0.15) is 0 Å². The van der Waals surface area contributed by atoms with Crippen LogP contribution in [0.1, 0.15) is 75.0 Å². The zero-order chi connectivity index (χ0) is 28.5. The van der Waals surface area contributed by atoms with Gasteiger partial charge in [0.2, 0.25) is 0 Å². The Morgan fingerprint density at radius 1 is 1.23 bits per heavy atom. The molecule has 210 valence electrons. The van der Waals surface area contributed by atoms with Crippen LogP contribution in [0.3, 0.4) is 0 Å². The lowest BCUT2D eigenvalue weighted by atomic mass is 9.76. The second-order valence-corrected chi connectivity index (χ2v) is 11.5. The first-order valence-corrected chi connectivity index (χ1v) is 13.6. The van der Waals surface area contributed by atoms with Gasteiger partial charge in [-0.3, -0.25) is 4.79 Å². The number of carbonyl (C=O) groups excluding carboxylic acids is 1. The molecule has 2 aliphatic rings. The van der Waals surface area contributed by atoms with Gasteiger partial charge in [-0.1, -0.05) is 39.0 Å². The summed E-state index contributed by atoms with van der Waals surface area (Å²) in [6.45, 7) is 12.6. The summed E-state index contributed by atoms with van der Waals surface area (Å²) >= 11 is 0. The number of rotatable bonds is 7. The Bertz CT molecular complexity index is 1190. The molecule has 2 N–H and O–H groups in total. The molecule has 1 fully saturated rings. The molecule has 0 radical (unpaired) electrons. The van der Waals surface area contributed by atoms with Crippen LogP contribution in [-0.4, -0.2) is 48.7 Å². The molecular weight excluding hydrogens is 490 g/mol. The van der Waals surface area contributed by atoms with Crippen molar-refractivity contribution in [2.24, 2.45) is 5.41 Å². The molecule has 2 aromatic rings. The third kappa shape index (κ3) is 8.54. The van der Waals surface area contributed by atoms with Gasteiger partial charge in [-0.25, -0.2) is 4.68 Å². The number of hydrogen-bond acceptors (Lipinski definition) is 6. The fraction of sp³-hybridized carbons (Fsp3) is 0.516. The minimum absolute atomic E-state index is 0.109. The second-order valence-electron chi connectivity index (χ2n) is 11.5. The average Bonchev–Trinajstić information content (AvgIpc) is 3.32. The number of aromatic nitrogens is 2. The van der Waals surface area contributed by atoms with Gasteiger partial charge >= 0.3 is 0 Å². The Morgan fingerprint density at radius 3 is 2.49 bits per heavy atom. The topological polar surface area (TPSA) is 101 Å². The summed E-state index contributed by atoms with van der Waals surface area (Å²) in [4.78, 5) is 12.5. The van der Waals surface area contributed by atoms with Gasteiger partial charge in [0.25, 0.3) is 5.91 Å². The molecule has 8 heteroatoms. The molecule has 39 heavy (non-hydrogen) atoms. The van der Waals surface area contributed by atoms with Gasteiger partial charge in [0, 0.05) is 19.9 Å². The highest BCUT2D eigenvalue weighted by molar-refractivity contribution is 5.96. The third-order valence-corrected chi connectivity index (χ3v) is 7.23. The smallest absolute Gasteiger partial charge is 0.259 e. The largest absolute Gasteiger partial charge is 0.386 e. The van der Waals surface area contributed by atoms with Crippen LogP contribution in [-0.2, 0) is 14.9 Å². The minimum Gasteiger partial charge on any atom is -0.386 e. The number of dihydropyridines is 1. The predicted octanol–water partition coefficient (Wildman–Crippen LogP) is 5.33. The molecule has 1 aromatic carbocycles. The molecule has 1 aliphatic heterocycles. The standard InChI is InChI=1S/C20H24N4O.C11H19NO2/c1-14-18(19(25)23-16-6-5-11-21-12-16)13-22-24(14)17-9-7-15(8-10-17)20(2,3)4;1-11(9-12)5-3-10(4-6-11)14-8-7-13-2/h5-10,12-13,21H,11H2,1-4H3,(H,23,25);10H,3-8H2,1-2H3. The highest BCUT2D eigenvalue weighted by Gasteiger charge is 2.31. The van der Waals surface area contributed by atoms with Crippen LogP contribution in [0.25, 0.3) is 5.69 Å². The van der Waals surface area contributed by atoms with E-state index in [0.29, 0.717) is 24.9 Å². The van der Waals surface area contributed by atoms with Crippen molar-refractivity contribution in [1.29, 1.82) is 5.26 Å². The second kappa shape index (κ2) is 13.6. The molecule has 1 saturated carbocycles. The maximum absolute atomic E-state index is 12.5. The van der Waals surface area contributed by atoms with Crippen molar-refractivity contribution in [3.63, 3.8) is 0 Å². The van der Waals surface area contributed by atoms with E-state index in [2.05, 4.69) is 54.7 Å². The summed E-state index contributed by atoms with van der Waals surface area (Å²) in [6, 6.07) is 10.7. The van der Waals surface area contributed by atoms with Crippen molar-refractivity contribution < 1.29 is 14.3 Å². The SMILES string of the molecule is COCCOC1CCC(C)(C#N)CC1.Cc1c(C(=O)NC2=CNCC=C2)cnn1-c1ccc(C(C)(C)C)cc1. The first kappa shape index (κ1) is 30.1. The van der Waals surface area contributed by atoms with Crippen molar-refractivity contribution in [1.82, 2.24) is 20.4 Å².